The highest BCUT2D eigenvalue weighted by Gasteiger charge is 2.21. The summed E-state index contributed by atoms with van der Waals surface area (Å²) in [5, 5.41) is 6.23. The van der Waals surface area contributed by atoms with Gasteiger partial charge in [0.05, 0.1) is 6.20 Å². The second-order valence-corrected chi connectivity index (χ2v) is 6.28. The van der Waals surface area contributed by atoms with E-state index in [-0.39, 0.29) is 5.03 Å². The van der Waals surface area contributed by atoms with Gasteiger partial charge in [-0.3, -0.25) is 5.10 Å². The highest BCUT2D eigenvalue weighted by Crippen LogP contribution is 2.14. The standard InChI is InChI=1S/C10H18N4O2S/c1-14-6-2-3-9(8-14)7-12-17(15,16)10-4-5-11-13-10/h4-5,9,12H,2-3,6-8H2,1H3,(H,11,13). The number of piperidine rings is 1. The summed E-state index contributed by atoms with van der Waals surface area (Å²) in [6.45, 7) is 2.54. The van der Waals surface area contributed by atoms with E-state index >= 15 is 0 Å². The molecule has 0 radical (unpaired) electrons. The predicted molar refractivity (Wildman–Crippen MR) is 64.0 cm³/mol. The smallest absolute Gasteiger partial charge is 0.257 e. The van der Waals surface area contributed by atoms with Gasteiger partial charge in [0, 0.05) is 13.1 Å². The SMILES string of the molecule is CN1CCCC(CNS(=O)(=O)c2ccn[nH]2)C1. The fourth-order valence-electron chi connectivity index (χ4n) is 2.14. The van der Waals surface area contributed by atoms with Gasteiger partial charge in [0.15, 0.2) is 5.03 Å². The van der Waals surface area contributed by atoms with Gasteiger partial charge in [-0.05, 0) is 38.4 Å². The van der Waals surface area contributed by atoms with Crippen LogP contribution in [0.4, 0.5) is 0 Å². The van der Waals surface area contributed by atoms with E-state index in [1.54, 1.807) is 0 Å². The van der Waals surface area contributed by atoms with Gasteiger partial charge in [0.1, 0.15) is 0 Å². The molecule has 1 aliphatic heterocycles. The molecule has 0 aliphatic carbocycles. The number of aromatic nitrogens is 2. The molecular formula is C10H18N4O2S. The fraction of sp³-hybridized carbons (Fsp3) is 0.700. The van der Waals surface area contributed by atoms with Crippen molar-refractivity contribution >= 4 is 10.0 Å². The maximum absolute atomic E-state index is 11.8. The maximum Gasteiger partial charge on any atom is 0.257 e. The summed E-state index contributed by atoms with van der Waals surface area (Å²) in [6, 6.07) is 1.45. The number of hydrogen-bond acceptors (Lipinski definition) is 4. The molecule has 0 aromatic carbocycles. The van der Waals surface area contributed by atoms with Crippen molar-refractivity contribution < 1.29 is 8.42 Å². The Balaban J connectivity index is 1.89. The first-order valence-electron chi connectivity index (χ1n) is 5.75. The van der Waals surface area contributed by atoms with Crippen LogP contribution in [0.25, 0.3) is 0 Å². The van der Waals surface area contributed by atoms with E-state index < -0.39 is 10.0 Å². The summed E-state index contributed by atoms with van der Waals surface area (Å²) < 4.78 is 26.3. The molecular weight excluding hydrogens is 240 g/mol. The van der Waals surface area contributed by atoms with Crippen LogP contribution in [0.5, 0.6) is 0 Å². The molecule has 1 aliphatic rings. The Morgan fingerprint density at radius 1 is 1.65 bits per heavy atom. The molecule has 0 spiro atoms. The van der Waals surface area contributed by atoms with E-state index in [0.717, 1.165) is 25.9 Å². The lowest BCUT2D eigenvalue weighted by Gasteiger charge is -2.29. The molecule has 7 heteroatoms. The first-order valence-corrected chi connectivity index (χ1v) is 7.24. The van der Waals surface area contributed by atoms with Crippen molar-refractivity contribution in [2.75, 3.05) is 26.7 Å². The second-order valence-electron chi connectivity index (χ2n) is 4.54. The van der Waals surface area contributed by atoms with Crippen LogP contribution in [-0.2, 0) is 10.0 Å². The Morgan fingerprint density at radius 2 is 2.47 bits per heavy atom. The summed E-state index contributed by atoms with van der Waals surface area (Å²) in [6.07, 6.45) is 3.64. The lowest BCUT2D eigenvalue weighted by Crippen LogP contribution is -2.39. The van der Waals surface area contributed by atoms with Crippen molar-refractivity contribution in [1.29, 1.82) is 0 Å². The van der Waals surface area contributed by atoms with Gasteiger partial charge in [-0.25, -0.2) is 13.1 Å². The number of aromatic amines is 1. The Bertz CT molecular complexity index is 443. The van der Waals surface area contributed by atoms with E-state index in [0.29, 0.717) is 12.5 Å². The van der Waals surface area contributed by atoms with Crippen LogP contribution in [0, 0.1) is 5.92 Å². The molecule has 1 aromatic heterocycles. The fourth-order valence-corrected chi connectivity index (χ4v) is 3.16. The molecule has 2 N–H and O–H groups in total. The third-order valence-corrected chi connectivity index (χ3v) is 4.40. The van der Waals surface area contributed by atoms with E-state index in [1.807, 2.05) is 0 Å². The van der Waals surface area contributed by atoms with Crippen LogP contribution in [0.3, 0.4) is 0 Å². The van der Waals surface area contributed by atoms with Gasteiger partial charge < -0.3 is 4.90 Å². The molecule has 1 atom stereocenters. The van der Waals surface area contributed by atoms with Gasteiger partial charge in [0.2, 0.25) is 0 Å². The van der Waals surface area contributed by atoms with E-state index in [4.69, 9.17) is 0 Å². The molecule has 1 unspecified atom stereocenters. The normalized spacial score (nSPS) is 22.8. The first kappa shape index (κ1) is 12.5. The molecule has 96 valence electrons. The van der Waals surface area contributed by atoms with Crippen molar-refractivity contribution in [3.05, 3.63) is 12.3 Å². The minimum absolute atomic E-state index is 0.127. The number of nitrogens with one attached hydrogen (secondary N) is 2. The third kappa shape index (κ3) is 3.27. The minimum Gasteiger partial charge on any atom is -0.306 e. The number of sulfonamides is 1. The Morgan fingerprint density at radius 3 is 3.12 bits per heavy atom. The molecule has 2 heterocycles. The largest absolute Gasteiger partial charge is 0.306 e. The molecule has 0 saturated carbocycles. The van der Waals surface area contributed by atoms with Crippen LogP contribution in [0.15, 0.2) is 17.3 Å². The molecule has 17 heavy (non-hydrogen) atoms. The zero-order chi connectivity index (χ0) is 12.3. The topological polar surface area (TPSA) is 78.1 Å². The van der Waals surface area contributed by atoms with Crippen molar-refractivity contribution in [3.8, 4) is 0 Å². The average Bonchev–Trinajstić information content (AvgIpc) is 2.81. The van der Waals surface area contributed by atoms with Crippen molar-refractivity contribution in [2.24, 2.45) is 5.92 Å². The molecule has 0 bridgehead atoms. The number of hydrogen-bond donors (Lipinski definition) is 2. The van der Waals surface area contributed by atoms with Gasteiger partial charge in [-0.15, -0.1) is 0 Å². The Hall–Kier alpha value is -0.920. The molecule has 0 amide bonds. The first-order chi connectivity index (χ1) is 8.08. The van der Waals surface area contributed by atoms with Crippen molar-refractivity contribution in [2.45, 2.75) is 17.9 Å². The van der Waals surface area contributed by atoms with Gasteiger partial charge in [-0.2, -0.15) is 5.10 Å². The van der Waals surface area contributed by atoms with Gasteiger partial charge >= 0.3 is 0 Å². The highest BCUT2D eigenvalue weighted by molar-refractivity contribution is 7.89. The molecule has 1 aromatic rings. The lowest BCUT2D eigenvalue weighted by atomic mass is 9.99. The van der Waals surface area contributed by atoms with Crippen LogP contribution in [-0.4, -0.2) is 50.2 Å². The number of rotatable bonds is 4. The molecule has 1 fully saturated rings. The minimum atomic E-state index is -3.42. The highest BCUT2D eigenvalue weighted by atomic mass is 32.2. The zero-order valence-corrected chi connectivity index (χ0v) is 10.7. The summed E-state index contributed by atoms with van der Waals surface area (Å²) in [4.78, 5) is 2.23. The van der Waals surface area contributed by atoms with Gasteiger partial charge in [0.25, 0.3) is 10.0 Å². The predicted octanol–water partition coefficient (Wildman–Crippen LogP) is 0.0298. The van der Waals surface area contributed by atoms with E-state index in [9.17, 15) is 8.42 Å². The quantitative estimate of drug-likeness (QED) is 0.798. The second kappa shape index (κ2) is 5.16. The van der Waals surface area contributed by atoms with E-state index in [2.05, 4.69) is 26.9 Å². The number of likely N-dealkylation sites (tertiary alicyclic amines) is 1. The van der Waals surface area contributed by atoms with Crippen LogP contribution >= 0.6 is 0 Å². The summed E-state index contributed by atoms with van der Waals surface area (Å²) in [5.74, 6) is 0.395. The number of H-pyrrole nitrogens is 1. The monoisotopic (exact) mass is 258 g/mol. The zero-order valence-electron chi connectivity index (χ0n) is 9.89. The molecule has 1 saturated heterocycles. The average molecular weight is 258 g/mol. The third-order valence-electron chi connectivity index (χ3n) is 3.05. The molecule has 2 rings (SSSR count). The van der Waals surface area contributed by atoms with Gasteiger partial charge in [-0.1, -0.05) is 0 Å². The van der Waals surface area contributed by atoms with Crippen LogP contribution in [0.1, 0.15) is 12.8 Å². The summed E-state index contributed by atoms with van der Waals surface area (Å²) >= 11 is 0. The van der Waals surface area contributed by atoms with Crippen LogP contribution < -0.4 is 4.72 Å². The summed E-state index contributed by atoms with van der Waals surface area (Å²) in [5.41, 5.74) is 0. The van der Waals surface area contributed by atoms with Crippen LogP contribution in [0.2, 0.25) is 0 Å². The van der Waals surface area contributed by atoms with Crippen molar-refractivity contribution in [1.82, 2.24) is 19.8 Å². The maximum atomic E-state index is 11.8. The van der Waals surface area contributed by atoms with E-state index in [1.165, 1.54) is 12.3 Å². The van der Waals surface area contributed by atoms with Crippen molar-refractivity contribution in [3.63, 3.8) is 0 Å². The lowest BCUT2D eigenvalue weighted by molar-refractivity contribution is 0.211. The Kier molecular flexibility index (Phi) is 3.80. The Labute approximate surface area is 101 Å². The summed E-state index contributed by atoms with van der Waals surface area (Å²) in [7, 11) is -1.36. The number of nitrogens with zero attached hydrogens (tertiary/aromatic N) is 2. The molecule has 6 nitrogen and oxygen atoms in total.